The van der Waals surface area contributed by atoms with Crippen molar-refractivity contribution >= 4 is 64.5 Å². The second-order valence-electron chi connectivity index (χ2n) is 8.25. The maximum Gasteiger partial charge on any atom is 0.338 e. The molecular weight excluding hydrogens is 494 g/mol. The molecule has 32 heavy (non-hydrogen) atoms. The van der Waals surface area contributed by atoms with Crippen molar-refractivity contribution in [2.45, 2.75) is 42.4 Å². The van der Waals surface area contributed by atoms with Gasteiger partial charge < -0.3 is 4.74 Å². The highest BCUT2D eigenvalue weighted by Crippen LogP contribution is 2.37. The van der Waals surface area contributed by atoms with Crippen molar-refractivity contribution in [1.82, 2.24) is 0 Å². The van der Waals surface area contributed by atoms with Gasteiger partial charge in [0.05, 0.1) is 16.1 Å². The lowest BCUT2D eigenvalue weighted by Gasteiger charge is -2.20. The smallest absolute Gasteiger partial charge is 0.338 e. The number of sulfonamides is 1. The lowest BCUT2D eigenvalue weighted by atomic mass is 10.1. The molecule has 0 fully saturated rings. The highest BCUT2D eigenvalue weighted by Gasteiger charge is 2.26. The van der Waals surface area contributed by atoms with Gasteiger partial charge in [0, 0.05) is 16.0 Å². The zero-order chi connectivity index (χ0) is 24.1. The molecule has 3 aromatic rings. The fourth-order valence-electron chi connectivity index (χ4n) is 3.00. The summed E-state index contributed by atoms with van der Waals surface area (Å²) in [7, 11) is -8.00. The highest BCUT2D eigenvalue weighted by atomic mass is 35.5. The van der Waals surface area contributed by atoms with Gasteiger partial charge in [-0.05, 0) is 75.0 Å². The SMILES string of the molecule is Cc1c(S(=O)(=O)Nc2ccc(C(=O)OC(C)(C)C)cc2S(C)(=O)=O)sc2ccc(Cl)cc12. The Morgan fingerprint density at radius 3 is 2.31 bits per heavy atom. The van der Waals surface area contributed by atoms with Crippen LogP contribution in [-0.4, -0.2) is 34.7 Å². The molecule has 0 unspecified atom stereocenters. The molecule has 2 aromatic carbocycles. The Bertz CT molecular complexity index is 1430. The third-order valence-corrected chi connectivity index (χ3v) is 8.99. The van der Waals surface area contributed by atoms with Gasteiger partial charge in [0.15, 0.2) is 9.84 Å². The van der Waals surface area contributed by atoms with E-state index < -0.39 is 31.4 Å². The first-order chi connectivity index (χ1) is 14.6. The maximum absolute atomic E-state index is 13.1. The summed E-state index contributed by atoms with van der Waals surface area (Å²) in [4.78, 5) is 12.0. The van der Waals surface area contributed by atoms with E-state index in [0.29, 0.717) is 16.0 Å². The van der Waals surface area contributed by atoms with Crippen molar-refractivity contribution < 1.29 is 26.4 Å². The van der Waals surface area contributed by atoms with Gasteiger partial charge in [-0.2, -0.15) is 0 Å². The number of benzene rings is 2. The van der Waals surface area contributed by atoms with E-state index in [1.807, 2.05) is 0 Å². The fourth-order valence-corrected chi connectivity index (χ4v) is 6.92. The Balaban J connectivity index is 2.06. The molecule has 0 atom stereocenters. The molecule has 11 heteroatoms. The van der Waals surface area contributed by atoms with Crippen molar-refractivity contribution in [3.8, 4) is 0 Å². The number of thiophene rings is 1. The molecular formula is C21H22ClNO6S3. The Labute approximate surface area is 196 Å². The van der Waals surface area contributed by atoms with Gasteiger partial charge in [0.2, 0.25) is 0 Å². The lowest BCUT2D eigenvalue weighted by Crippen LogP contribution is -2.24. The number of sulfone groups is 1. The topological polar surface area (TPSA) is 107 Å². The summed E-state index contributed by atoms with van der Waals surface area (Å²) in [6.45, 7) is 6.72. The molecule has 0 radical (unpaired) electrons. The van der Waals surface area contributed by atoms with E-state index in [-0.39, 0.29) is 20.4 Å². The molecule has 0 spiro atoms. The molecule has 3 rings (SSSR count). The van der Waals surface area contributed by atoms with Gasteiger partial charge in [-0.25, -0.2) is 21.6 Å². The number of carbonyl (C=O) groups excluding carboxylic acids is 1. The number of halogens is 1. The number of carbonyl (C=O) groups is 1. The van der Waals surface area contributed by atoms with Crippen LogP contribution in [0.3, 0.4) is 0 Å². The Hall–Kier alpha value is -2.14. The number of hydrogen-bond donors (Lipinski definition) is 1. The van der Waals surface area contributed by atoms with E-state index in [2.05, 4.69) is 4.72 Å². The minimum Gasteiger partial charge on any atom is -0.456 e. The van der Waals surface area contributed by atoms with Crippen LogP contribution in [-0.2, 0) is 24.6 Å². The van der Waals surface area contributed by atoms with Crippen LogP contribution < -0.4 is 4.72 Å². The van der Waals surface area contributed by atoms with Crippen LogP contribution in [0, 0.1) is 6.92 Å². The number of esters is 1. The van der Waals surface area contributed by atoms with Crippen LogP contribution in [0.2, 0.25) is 5.02 Å². The van der Waals surface area contributed by atoms with Gasteiger partial charge in [0.25, 0.3) is 10.0 Å². The van der Waals surface area contributed by atoms with Crippen LogP contribution in [0.4, 0.5) is 5.69 Å². The quantitative estimate of drug-likeness (QED) is 0.478. The Kier molecular flexibility index (Phi) is 6.38. The number of fused-ring (bicyclic) bond motifs is 1. The first-order valence-corrected chi connectivity index (χ1v) is 13.9. The summed E-state index contributed by atoms with van der Waals surface area (Å²) in [5.74, 6) is -0.714. The summed E-state index contributed by atoms with van der Waals surface area (Å²) in [5, 5.41) is 1.18. The van der Waals surface area contributed by atoms with Gasteiger partial charge in [-0.3, -0.25) is 4.72 Å². The van der Waals surface area contributed by atoms with Gasteiger partial charge in [0.1, 0.15) is 9.81 Å². The first-order valence-electron chi connectivity index (χ1n) is 9.37. The van der Waals surface area contributed by atoms with E-state index in [0.717, 1.165) is 28.4 Å². The van der Waals surface area contributed by atoms with E-state index in [4.69, 9.17) is 16.3 Å². The summed E-state index contributed by atoms with van der Waals surface area (Å²) in [6.07, 6.45) is 0.936. The van der Waals surface area contributed by atoms with Gasteiger partial charge in [-0.15, -0.1) is 11.3 Å². The van der Waals surface area contributed by atoms with Crippen molar-refractivity contribution in [3.05, 3.63) is 52.5 Å². The molecule has 0 bridgehead atoms. The van der Waals surface area contributed by atoms with Crippen LogP contribution in [0.25, 0.3) is 10.1 Å². The molecule has 172 valence electrons. The Morgan fingerprint density at radius 1 is 1.06 bits per heavy atom. The number of rotatable bonds is 5. The molecule has 1 heterocycles. The molecule has 0 aliphatic carbocycles. The standard InChI is InChI=1S/C21H22ClNO6S3/c1-12-15-11-14(22)7-9-17(15)30-20(12)32(27,28)23-16-8-6-13(10-18(16)31(5,25)26)19(24)29-21(2,3)4/h6-11,23H,1-5H3. The summed E-state index contributed by atoms with van der Waals surface area (Å²) < 4.78 is 59.5. The largest absolute Gasteiger partial charge is 0.456 e. The fraction of sp³-hybridized carbons (Fsp3) is 0.286. The Morgan fingerprint density at radius 2 is 1.72 bits per heavy atom. The second kappa shape index (κ2) is 8.33. The average molecular weight is 516 g/mol. The van der Waals surface area contributed by atoms with E-state index in [1.54, 1.807) is 45.9 Å². The molecule has 0 saturated carbocycles. The van der Waals surface area contributed by atoms with Gasteiger partial charge in [-0.1, -0.05) is 11.6 Å². The third kappa shape index (κ3) is 5.25. The minimum absolute atomic E-state index is 0.00372. The van der Waals surface area contributed by atoms with Crippen molar-refractivity contribution in [2.75, 3.05) is 11.0 Å². The van der Waals surface area contributed by atoms with Crippen LogP contribution in [0.15, 0.2) is 45.5 Å². The summed E-state index contributed by atoms with van der Waals surface area (Å²) in [6, 6.07) is 8.75. The van der Waals surface area contributed by atoms with Crippen molar-refractivity contribution in [3.63, 3.8) is 0 Å². The number of ether oxygens (including phenoxy) is 1. The van der Waals surface area contributed by atoms with Crippen LogP contribution in [0.1, 0.15) is 36.7 Å². The zero-order valence-electron chi connectivity index (χ0n) is 18.0. The lowest BCUT2D eigenvalue weighted by molar-refractivity contribution is 0.00693. The minimum atomic E-state index is -4.12. The predicted molar refractivity (Wildman–Crippen MR) is 127 cm³/mol. The van der Waals surface area contributed by atoms with Gasteiger partial charge >= 0.3 is 5.97 Å². The van der Waals surface area contributed by atoms with Crippen LogP contribution in [0.5, 0.6) is 0 Å². The van der Waals surface area contributed by atoms with Crippen molar-refractivity contribution in [1.29, 1.82) is 0 Å². The highest BCUT2D eigenvalue weighted by molar-refractivity contribution is 7.95. The number of aryl methyl sites for hydroxylation is 1. The van der Waals surface area contributed by atoms with E-state index >= 15 is 0 Å². The first kappa shape index (κ1) is 24.5. The molecule has 0 saturated heterocycles. The molecule has 0 aliphatic heterocycles. The van der Waals surface area contributed by atoms with Crippen molar-refractivity contribution in [2.24, 2.45) is 0 Å². The zero-order valence-corrected chi connectivity index (χ0v) is 21.2. The number of anilines is 1. The second-order valence-corrected chi connectivity index (χ2v) is 13.6. The normalized spacial score (nSPS) is 12.7. The molecule has 0 amide bonds. The monoisotopic (exact) mass is 515 g/mol. The average Bonchev–Trinajstić information content (AvgIpc) is 2.96. The molecule has 1 N–H and O–H groups in total. The van der Waals surface area contributed by atoms with E-state index in [1.165, 1.54) is 12.1 Å². The molecule has 0 aliphatic rings. The number of hydrogen-bond acceptors (Lipinski definition) is 7. The van der Waals surface area contributed by atoms with E-state index in [9.17, 15) is 21.6 Å². The van der Waals surface area contributed by atoms with Crippen LogP contribution >= 0.6 is 22.9 Å². The number of nitrogens with one attached hydrogen (secondary N) is 1. The molecule has 1 aromatic heterocycles. The predicted octanol–water partition coefficient (Wildman–Crippen LogP) is 5.02. The molecule has 7 nitrogen and oxygen atoms in total. The third-order valence-electron chi connectivity index (χ3n) is 4.36. The summed E-state index contributed by atoms with van der Waals surface area (Å²) >= 11 is 7.08. The summed E-state index contributed by atoms with van der Waals surface area (Å²) in [5.41, 5.74) is -0.429. The maximum atomic E-state index is 13.1.